The van der Waals surface area contributed by atoms with Crippen LogP contribution in [0.15, 0.2) is 12.2 Å². The third kappa shape index (κ3) is 1.88. The fourth-order valence-electron chi connectivity index (χ4n) is 1.09. The summed E-state index contributed by atoms with van der Waals surface area (Å²) in [7, 11) is 2.26. The van der Waals surface area contributed by atoms with Gasteiger partial charge in [0.25, 0.3) is 0 Å². The number of hydrogen-bond acceptors (Lipinski definition) is 1. The summed E-state index contributed by atoms with van der Waals surface area (Å²) in [6.45, 7) is 7.79. The van der Waals surface area contributed by atoms with Gasteiger partial charge >= 0.3 is 0 Å². The van der Waals surface area contributed by atoms with Gasteiger partial charge in [-0.25, -0.2) is 0 Å². The quantitative estimate of drug-likeness (QED) is 0.361. The lowest BCUT2D eigenvalue weighted by molar-refractivity contribution is 0.273. The smallest absolute Gasteiger partial charge is 0.213 e. The molecule has 55 valence electrons. The Bertz CT molecular complexity index is 135. The van der Waals surface area contributed by atoms with Crippen LogP contribution in [0.5, 0.6) is 0 Å². The molecule has 0 bridgehead atoms. The molecule has 1 heterocycles. The second-order valence-electron chi connectivity index (χ2n) is 3.71. The molecule has 0 aromatic carbocycles. The fraction of sp³-hybridized carbons (Fsp3) is 0.750. The van der Waals surface area contributed by atoms with Crippen molar-refractivity contribution >= 4 is 7.41 Å². The maximum Gasteiger partial charge on any atom is 0.213 e. The van der Waals surface area contributed by atoms with E-state index in [2.05, 4.69) is 45.1 Å². The van der Waals surface area contributed by atoms with Gasteiger partial charge in [-0.2, -0.15) is 0 Å². The second kappa shape index (κ2) is 2.79. The normalized spacial score (nSPS) is 20.7. The number of rotatable bonds is 0. The van der Waals surface area contributed by atoms with Gasteiger partial charge in [-0.05, 0) is 27.1 Å². The Kier molecular flexibility index (Phi) is 2.19. The molecule has 0 aromatic rings. The predicted molar refractivity (Wildman–Crippen MR) is 46.2 cm³/mol. The summed E-state index contributed by atoms with van der Waals surface area (Å²) < 4.78 is 0. The molecule has 0 fully saturated rings. The van der Waals surface area contributed by atoms with Gasteiger partial charge in [0.05, 0.1) is 0 Å². The number of nitrogens with zero attached hydrogens (tertiary/aromatic N) is 1. The van der Waals surface area contributed by atoms with E-state index in [4.69, 9.17) is 0 Å². The minimum Gasteiger partial charge on any atom is -0.339 e. The van der Waals surface area contributed by atoms with E-state index in [9.17, 15) is 0 Å². The summed E-state index contributed by atoms with van der Waals surface area (Å²) >= 11 is 0. The third-order valence-corrected chi connectivity index (χ3v) is 1.79. The first kappa shape index (κ1) is 7.87. The highest BCUT2D eigenvalue weighted by Gasteiger charge is 2.20. The molecule has 2 heteroatoms. The average Bonchev–Trinajstić information content (AvgIpc) is 1.88. The van der Waals surface area contributed by atoms with Crippen molar-refractivity contribution in [3.8, 4) is 0 Å². The number of allylic oxidation sites excluding steroid dienone is 1. The van der Waals surface area contributed by atoms with Crippen LogP contribution in [0.3, 0.4) is 0 Å². The molecule has 0 aromatic heterocycles. The van der Waals surface area contributed by atoms with E-state index >= 15 is 0 Å². The Labute approximate surface area is 64.4 Å². The molecule has 0 atom stereocenters. The van der Waals surface area contributed by atoms with E-state index in [1.54, 1.807) is 0 Å². The molecule has 0 amide bonds. The van der Waals surface area contributed by atoms with Gasteiger partial charge in [-0.3, -0.25) is 0 Å². The molecule has 0 spiro atoms. The van der Waals surface area contributed by atoms with Crippen LogP contribution in [0, 0.1) is 0 Å². The van der Waals surface area contributed by atoms with Gasteiger partial charge in [-0.1, -0.05) is 12.2 Å². The average molecular weight is 136 g/mol. The molecular weight excluding hydrogens is 121 g/mol. The first-order valence-electron chi connectivity index (χ1n) is 3.86. The molecule has 0 saturated carbocycles. The first-order chi connectivity index (χ1) is 4.61. The van der Waals surface area contributed by atoms with Crippen LogP contribution in [-0.2, 0) is 0 Å². The first-order valence-corrected chi connectivity index (χ1v) is 3.86. The van der Waals surface area contributed by atoms with E-state index in [-0.39, 0.29) is 0 Å². The summed E-state index contributed by atoms with van der Waals surface area (Å²) in [5, 5.41) is 0. The van der Waals surface area contributed by atoms with Crippen LogP contribution in [-0.4, -0.2) is 24.3 Å². The van der Waals surface area contributed by atoms with Crippen LogP contribution in [0.4, 0.5) is 0 Å². The Hall–Kier alpha value is -0.235. The molecular formula is C8H15BN. The standard InChI is InChI=1S/C8H15BN/c1-8(2,3)10-7-5-4-6-9-10/h4-5H,6-7H2,1-3H3. The van der Waals surface area contributed by atoms with Crippen molar-refractivity contribution in [2.75, 3.05) is 6.54 Å². The van der Waals surface area contributed by atoms with Crippen LogP contribution in [0.2, 0.25) is 6.32 Å². The maximum absolute atomic E-state index is 2.37. The summed E-state index contributed by atoms with van der Waals surface area (Å²) in [5.41, 5.74) is 0.296. The minimum absolute atomic E-state index is 0.296. The maximum atomic E-state index is 2.37. The van der Waals surface area contributed by atoms with Crippen molar-refractivity contribution in [2.45, 2.75) is 32.6 Å². The van der Waals surface area contributed by atoms with Crippen molar-refractivity contribution < 1.29 is 0 Å². The zero-order valence-corrected chi connectivity index (χ0v) is 7.09. The summed E-state index contributed by atoms with van der Waals surface area (Å²) in [6, 6.07) is 0. The molecule has 1 aliphatic heterocycles. The molecule has 0 saturated heterocycles. The molecule has 1 nitrogen and oxygen atoms in total. The highest BCUT2D eigenvalue weighted by molar-refractivity contribution is 6.33. The van der Waals surface area contributed by atoms with Gasteiger partial charge in [0.15, 0.2) is 0 Å². The van der Waals surface area contributed by atoms with Crippen molar-refractivity contribution in [1.29, 1.82) is 0 Å². The second-order valence-corrected chi connectivity index (χ2v) is 3.71. The zero-order valence-electron chi connectivity index (χ0n) is 7.09. The Balaban J connectivity index is 2.49. The molecule has 0 aliphatic carbocycles. The van der Waals surface area contributed by atoms with E-state index in [1.165, 1.54) is 0 Å². The largest absolute Gasteiger partial charge is 0.339 e. The molecule has 1 radical (unpaired) electrons. The van der Waals surface area contributed by atoms with Crippen LogP contribution in [0.1, 0.15) is 20.8 Å². The van der Waals surface area contributed by atoms with E-state index in [1.807, 2.05) is 0 Å². The molecule has 1 aliphatic rings. The van der Waals surface area contributed by atoms with Crippen LogP contribution >= 0.6 is 0 Å². The zero-order chi connectivity index (χ0) is 7.61. The molecule has 10 heavy (non-hydrogen) atoms. The highest BCUT2D eigenvalue weighted by atomic mass is 15.1. The lowest BCUT2D eigenvalue weighted by atomic mass is 9.79. The number of hydrogen-bond donors (Lipinski definition) is 0. The van der Waals surface area contributed by atoms with Gasteiger partial charge in [0.2, 0.25) is 7.41 Å². The van der Waals surface area contributed by atoms with Crippen molar-refractivity contribution in [1.82, 2.24) is 4.81 Å². The Morgan fingerprint density at radius 1 is 1.30 bits per heavy atom. The monoisotopic (exact) mass is 136 g/mol. The fourth-order valence-corrected chi connectivity index (χ4v) is 1.09. The molecule has 0 unspecified atom stereocenters. The lowest BCUT2D eigenvalue weighted by Gasteiger charge is -2.36. The SMILES string of the molecule is CC(C)(C)N1[B]CC=CC1. The summed E-state index contributed by atoms with van der Waals surface area (Å²) in [6.07, 6.45) is 5.53. The van der Waals surface area contributed by atoms with Gasteiger partial charge in [-0.15, -0.1) is 0 Å². The summed E-state index contributed by atoms with van der Waals surface area (Å²) in [4.78, 5) is 2.37. The van der Waals surface area contributed by atoms with Crippen molar-refractivity contribution in [3.05, 3.63) is 12.2 Å². The molecule has 0 N–H and O–H groups in total. The molecule has 1 rings (SSSR count). The predicted octanol–water partition coefficient (Wildman–Crippen LogP) is 1.69. The van der Waals surface area contributed by atoms with Crippen molar-refractivity contribution in [3.63, 3.8) is 0 Å². The van der Waals surface area contributed by atoms with E-state index < -0.39 is 0 Å². The van der Waals surface area contributed by atoms with Gasteiger partial charge in [0.1, 0.15) is 0 Å². The minimum atomic E-state index is 0.296. The van der Waals surface area contributed by atoms with Crippen LogP contribution in [0.25, 0.3) is 0 Å². The topological polar surface area (TPSA) is 3.24 Å². The lowest BCUT2D eigenvalue weighted by Crippen LogP contribution is -2.44. The Morgan fingerprint density at radius 2 is 2.00 bits per heavy atom. The van der Waals surface area contributed by atoms with Gasteiger partial charge in [0, 0.05) is 12.1 Å². The summed E-state index contributed by atoms with van der Waals surface area (Å²) in [5.74, 6) is 0. The van der Waals surface area contributed by atoms with Crippen LogP contribution < -0.4 is 0 Å². The Morgan fingerprint density at radius 3 is 2.30 bits per heavy atom. The van der Waals surface area contributed by atoms with Crippen molar-refractivity contribution in [2.24, 2.45) is 0 Å². The van der Waals surface area contributed by atoms with E-state index in [0.717, 1.165) is 12.9 Å². The van der Waals surface area contributed by atoms with Gasteiger partial charge < -0.3 is 4.81 Å². The third-order valence-electron chi connectivity index (χ3n) is 1.79. The highest BCUT2D eigenvalue weighted by Crippen LogP contribution is 2.14. The van der Waals surface area contributed by atoms with E-state index in [0.29, 0.717) is 5.54 Å².